The maximum atomic E-state index is 15.8. The first-order valence-corrected chi connectivity index (χ1v) is 10.2. The fraction of sp³-hybridized carbons (Fsp3) is 0.476. The SMILES string of the molecule is CN1CCC(=O)C2CN(c3c(F)cc4c(=O)c(OC(=O)O)cn(C5CC5)c4c3F)CC21. The lowest BCUT2D eigenvalue weighted by molar-refractivity contribution is -0.126. The Morgan fingerprint density at radius 1 is 1.23 bits per heavy atom. The van der Waals surface area contributed by atoms with Crippen molar-refractivity contribution in [2.24, 2.45) is 5.92 Å². The molecule has 3 aliphatic rings. The van der Waals surface area contributed by atoms with Crippen molar-refractivity contribution in [3.05, 3.63) is 34.1 Å². The average molecular weight is 433 g/mol. The van der Waals surface area contributed by atoms with Crippen molar-refractivity contribution < 1.29 is 28.2 Å². The number of pyridine rings is 1. The Kier molecular flexibility index (Phi) is 4.51. The number of benzene rings is 1. The highest BCUT2D eigenvalue weighted by atomic mass is 19.1. The molecule has 5 rings (SSSR count). The molecule has 8 nitrogen and oxygen atoms in total. The number of aromatic nitrogens is 1. The number of hydrogen-bond donors (Lipinski definition) is 1. The van der Waals surface area contributed by atoms with E-state index in [9.17, 15) is 14.4 Å². The standard InChI is InChI=1S/C21H21F2N3O5/c1-24-5-4-15(27)12-7-25(8-14(12)24)19-13(22)6-11-18(17(19)23)26(10-2-3-10)9-16(20(11)28)31-21(29)30/h6,9-10,12,14H,2-5,7-8H2,1H3,(H,29,30). The number of piperidine rings is 1. The van der Waals surface area contributed by atoms with Crippen LogP contribution in [0.25, 0.3) is 10.9 Å². The van der Waals surface area contributed by atoms with E-state index in [2.05, 4.69) is 4.74 Å². The van der Waals surface area contributed by atoms with E-state index in [1.165, 1.54) is 10.8 Å². The van der Waals surface area contributed by atoms with Crippen LogP contribution in [0.1, 0.15) is 25.3 Å². The van der Waals surface area contributed by atoms with Crippen molar-refractivity contribution in [2.75, 3.05) is 31.6 Å². The summed E-state index contributed by atoms with van der Waals surface area (Å²) in [4.78, 5) is 39.6. The third kappa shape index (κ3) is 3.16. The molecule has 2 aliphatic heterocycles. The number of likely N-dealkylation sites (N-methyl/N-ethyl adjacent to an activating group) is 1. The molecule has 0 radical (unpaired) electrons. The second-order valence-electron chi connectivity index (χ2n) is 8.52. The van der Waals surface area contributed by atoms with Crippen LogP contribution in [0.3, 0.4) is 0 Å². The van der Waals surface area contributed by atoms with E-state index in [-0.39, 0.29) is 46.9 Å². The van der Waals surface area contributed by atoms with Gasteiger partial charge in [0.1, 0.15) is 17.3 Å². The predicted molar refractivity (Wildman–Crippen MR) is 107 cm³/mol. The molecule has 1 saturated carbocycles. The van der Waals surface area contributed by atoms with E-state index in [1.807, 2.05) is 11.9 Å². The first kappa shape index (κ1) is 19.9. The highest BCUT2D eigenvalue weighted by Crippen LogP contribution is 2.41. The minimum absolute atomic E-state index is 0.0730. The van der Waals surface area contributed by atoms with E-state index in [0.29, 0.717) is 19.5 Å². The third-order valence-corrected chi connectivity index (χ3v) is 6.58. The molecular weight excluding hydrogens is 412 g/mol. The average Bonchev–Trinajstić information content (AvgIpc) is 3.45. The van der Waals surface area contributed by atoms with Crippen molar-refractivity contribution in [2.45, 2.75) is 31.3 Å². The summed E-state index contributed by atoms with van der Waals surface area (Å²) in [6.45, 7) is 1.13. The van der Waals surface area contributed by atoms with Crippen LogP contribution in [0, 0.1) is 17.6 Å². The van der Waals surface area contributed by atoms with Gasteiger partial charge < -0.3 is 24.2 Å². The Morgan fingerprint density at radius 2 is 1.97 bits per heavy atom. The summed E-state index contributed by atoms with van der Waals surface area (Å²) in [5.74, 6) is -2.51. The van der Waals surface area contributed by atoms with E-state index in [1.54, 1.807) is 4.90 Å². The van der Waals surface area contributed by atoms with Crippen LogP contribution >= 0.6 is 0 Å². The molecule has 31 heavy (non-hydrogen) atoms. The molecule has 2 saturated heterocycles. The van der Waals surface area contributed by atoms with Crippen LogP contribution < -0.4 is 15.1 Å². The van der Waals surface area contributed by atoms with Crippen LogP contribution in [0.15, 0.2) is 17.1 Å². The van der Waals surface area contributed by atoms with Gasteiger partial charge in [-0.05, 0) is 26.0 Å². The number of ketones is 1. The molecule has 10 heteroatoms. The Morgan fingerprint density at radius 3 is 2.61 bits per heavy atom. The number of nitrogens with zero attached hydrogens (tertiary/aromatic N) is 3. The van der Waals surface area contributed by atoms with Gasteiger partial charge in [0.25, 0.3) is 0 Å². The van der Waals surface area contributed by atoms with Gasteiger partial charge in [-0.25, -0.2) is 13.6 Å². The van der Waals surface area contributed by atoms with Gasteiger partial charge in [-0.2, -0.15) is 0 Å². The zero-order valence-electron chi connectivity index (χ0n) is 16.8. The molecule has 1 N–H and O–H groups in total. The molecule has 1 aromatic carbocycles. The molecule has 1 aromatic heterocycles. The number of rotatable bonds is 3. The highest BCUT2D eigenvalue weighted by Gasteiger charge is 2.44. The number of likely N-dealkylation sites (tertiary alicyclic amines) is 1. The van der Waals surface area contributed by atoms with Crippen LogP contribution in [0.5, 0.6) is 5.75 Å². The van der Waals surface area contributed by atoms with Crippen molar-refractivity contribution >= 4 is 28.5 Å². The van der Waals surface area contributed by atoms with Crippen molar-refractivity contribution in [1.82, 2.24) is 9.47 Å². The van der Waals surface area contributed by atoms with Crippen LogP contribution in [-0.2, 0) is 4.79 Å². The van der Waals surface area contributed by atoms with E-state index in [0.717, 1.165) is 18.9 Å². The van der Waals surface area contributed by atoms with E-state index in [4.69, 9.17) is 5.11 Å². The molecule has 164 valence electrons. The quantitative estimate of drug-likeness (QED) is 0.743. The lowest BCUT2D eigenvalue weighted by Gasteiger charge is -2.32. The molecule has 0 amide bonds. The number of anilines is 1. The lowest BCUT2D eigenvalue weighted by Crippen LogP contribution is -2.46. The summed E-state index contributed by atoms with van der Waals surface area (Å²) >= 11 is 0. The Bertz CT molecular complexity index is 1180. The zero-order chi connectivity index (χ0) is 22.0. The summed E-state index contributed by atoms with van der Waals surface area (Å²) in [5.41, 5.74) is -1.22. The number of Topliss-reactive ketones (excluding diaryl/α,β-unsaturated/α-hetero) is 1. The summed E-state index contributed by atoms with van der Waals surface area (Å²) in [5, 5.41) is 8.62. The van der Waals surface area contributed by atoms with Gasteiger partial charge in [0, 0.05) is 38.1 Å². The maximum Gasteiger partial charge on any atom is 0.511 e. The molecular formula is C21H21F2N3O5. The van der Waals surface area contributed by atoms with E-state index < -0.39 is 29.0 Å². The Balaban J connectivity index is 1.66. The fourth-order valence-electron chi connectivity index (χ4n) is 4.87. The maximum absolute atomic E-state index is 15.8. The molecule has 3 heterocycles. The van der Waals surface area contributed by atoms with Gasteiger partial charge in [-0.3, -0.25) is 9.59 Å². The van der Waals surface area contributed by atoms with Crippen LogP contribution in [0.2, 0.25) is 0 Å². The number of carboxylic acid groups (broad SMARTS) is 1. The topological polar surface area (TPSA) is 92.1 Å². The number of halogens is 2. The number of carbonyl (C=O) groups excluding carboxylic acids is 1. The second-order valence-corrected chi connectivity index (χ2v) is 8.52. The van der Waals surface area contributed by atoms with Crippen molar-refractivity contribution in [3.63, 3.8) is 0 Å². The summed E-state index contributed by atoms with van der Waals surface area (Å²) in [7, 11) is 1.90. The number of hydrogen-bond acceptors (Lipinski definition) is 6. The third-order valence-electron chi connectivity index (χ3n) is 6.58. The molecule has 2 atom stereocenters. The molecule has 2 unspecified atom stereocenters. The zero-order valence-corrected chi connectivity index (χ0v) is 16.8. The largest absolute Gasteiger partial charge is 0.511 e. The summed E-state index contributed by atoms with van der Waals surface area (Å²) < 4.78 is 36.9. The van der Waals surface area contributed by atoms with Gasteiger partial charge in [0.2, 0.25) is 5.43 Å². The number of ether oxygens (including phenoxy) is 1. The second kappa shape index (κ2) is 7.01. The minimum Gasteiger partial charge on any atom is -0.449 e. The monoisotopic (exact) mass is 433 g/mol. The summed E-state index contributed by atoms with van der Waals surface area (Å²) in [6, 6.07) is 0.700. The first-order chi connectivity index (χ1) is 14.8. The van der Waals surface area contributed by atoms with E-state index >= 15 is 8.78 Å². The van der Waals surface area contributed by atoms with Gasteiger partial charge in [-0.1, -0.05) is 0 Å². The van der Waals surface area contributed by atoms with Crippen LogP contribution in [0.4, 0.5) is 19.3 Å². The van der Waals surface area contributed by atoms with Crippen LogP contribution in [-0.4, -0.2) is 59.2 Å². The van der Waals surface area contributed by atoms with Gasteiger partial charge >= 0.3 is 6.16 Å². The van der Waals surface area contributed by atoms with Crippen molar-refractivity contribution in [3.8, 4) is 5.75 Å². The van der Waals surface area contributed by atoms with Crippen molar-refractivity contribution in [1.29, 1.82) is 0 Å². The fourth-order valence-corrected chi connectivity index (χ4v) is 4.87. The molecule has 1 aliphatic carbocycles. The summed E-state index contributed by atoms with van der Waals surface area (Å²) in [6.07, 6.45) is 1.38. The molecule has 2 aromatic rings. The minimum atomic E-state index is -1.68. The van der Waals surface area contributed by atoms with Gasteiger partial charge in [0.05, 0.1) is 23.0 Å². The highest BCUT2D eigenvalue weighted by molar-refractivity contribution is 5.87. The smallest absolute Gasteiger partial charge is 0.449 e. The Hall–Kier alpha value is -3.01. The molecule has 3 fully saturated rings. The number of carbonyl (C=O) groups is 2. The lowest BCUT2D eigenvalue weighted by atomic mass is 9.91. The number of fused-ring (bicyclic) bond motifs is 2. The van der Waals surface area contributed by atoms with Gasteiger partial charge in [-0.15, -0.1) is 0 Å². The Labute approximate surface area is 175 Å². The molecule has 0 bridgehead atoms. The molecule has 0 spiro atoms. The predicted octanol–water partition coefficient (Wildman–Crippen LogP) is 2.38. The normalized spacial score (nSPS) is 24.0. The first-order valence-electron chi connectivity index (χ1n) is 10.2. The van der Waals surface area contributed by atoms with Gasteiger partial charge in [0.15, 0.2) is 11.6 Å².